The smallest absolute Gasteiger partial charge is 0.277 e. The summed E-state index contributed by atoms with van der Waals surface area (Å²) in [5.41, 5.74) is 5.79. The highest BCUT2D eigenvalue weighted by atomic mass is 35.5. The Hall–Kier alpha value is -0.670. The van der Waals surface area contributed by atoms with Crippen LogP contribution in [0.25, 0.3) is 0 Å². The van der Waals surface area contributed by atoms with Gasteiger partial charge in [-0.3, -0.25) is 5.73 Å². The maximum Gasteiger partial charge on any atom is 0.277 e. The highest BCUT2D eigenvalue weighted by Crippen LogP contribution is 2.09. The molecule has 2 N–H and O–H groups in total. The van der Waals surface area contributed by atoms with Crippen LogP contribution in [0, 0.1) is 12.1 Å². The van der Waals surface area contributed by atoms with Gasteiger partial charge in [0, 0.05) is 6.07 Å². The molecule has 0 atom stereocenters. The van der Waals surface area contributed by atoms with Gasteiger partial charge < -0.3 is 5.21 Å². The first-order valence-electron chi connectivity index (χ1n) is 2.76. The van der Waals surface area contributed by atoms with Gasteiger partial charge in [0.2, 0.25) is 0 Å². The van der Waals surface area contributed by atoms with E-state index in [0.29, 0.717) is 15.4 Å². The summed E-state index contributed by atoms with van der Waals surface area (Å²) in [5.74, 6) is 0.130. The van der Waals surface area contributed by atoms with E-state index < -0.39 is 0 Å². The van der Waals surface area contributed by atoms with E-state index in [2.05, 4.69) is 0 Å². The summed E-state index contributed by atoms with van der Waals surface area (Å²) >= 11 is 5.59. The number of aromatic nitrogens is 1. The fourth-order valence-corrected chi connectivity index (χ4v) is 0.973. The van der Waals surface area contributed by atoms with E-state index >= 15 is 0 Å². The first-order chi connectivity index (χ1) is 4.61. The first-order valence-corrected chi connectivity index (χ1v) is 3.14. The number of rotatable bonds is 0. The summed E-state index contributed by atoms with van der Waals surface area (Å²) in [6, 6.07) is 2.98. The average molecular weight is 195 g/mol. The Morgan fingerprint density at radius 3 is 2.55 bits per heavy atom. The van der Waals surface area contributed by atoms with Crippen molar-refractivity contribution in [3.63, 3.8) is 0 Å². The molecule has 0 bridgehead atoms. The lowest BCUT2D eigenvalue weighted by molar-refractivity contribution is -0.596. The monoisotopic (exact) mass is 194 g/mol. The van der Waals surface area contributed by atoms with Gasteiger partial charge >= 0.3 is 0 Å². The van der Waals surface area contributed by atoms with Gasteiger partial charge in [0.1, 0.15) is 5.69 Å². The Balaban J connectivity index is 0.000001000. The molecule has 0 unspecified atom stereocenters. The Labute approximate surface area is 75.8 Å². The van der Waals surface area contributed by atoms with Crippen molar-refractivity contribution < 1.29 is 4.73 Å². The maximum atomic E-state index is 10.9. The molecule has 3 nitrogen and oxygen atoms in total. The van der Waals surface area contributed by atoms with Crippen molar-refractivity contribution >= 4 is 29.8 Å². The zero-order chi connectivity index (χ0) is 7.72. The molecule has 0 amide bonds. The van der Waals surface area contributed by atoms with Crippen LogP contribution in [-0.4, -0.2) is 0 Å². The second-order valence-electron chi connectivity index (χ2n) is 2.03. The van der Waals surface area contributed by atoms with Crippen LogP contribution in [0.1, 0.15) is 5.69 Å². The summed E-state index contributed by atoms with van der Waals surface area (Å²) in [6.45, 7) is 1.65. The predicted molar refractivity (Wildman–Crippen MR) is 46.8 cm³/mol. The van der Waals surface area contributed by atoms with Gasteiger partial charge in [-0.2, -0.15) is 0 Å². The van der Waals surface area contributed by atoms with Gasteiger partial charge in [-0.25, -0.2) is 4.73 Å². The molecule has 0 aliphatic rings. The summed E-state index contributed by atoms with van der Waals surface area (Å²) in [4.78, 5) is 0. The van der Waals surface area contributed by atoms with Gasteiger partial charge in [0.05, 0.1) is 5.02 Å². The number of pyridine rings is 1. The second-order valence-corrected chi connectivity index (χ2v) is 2.47. The Bertz CT molecular complexity index is 242. The zero-order valence-electron chi connectivity index (χ0n) is 5.87. The Morgan fingerprint density at radius 1 is 1.55 bits per heavy atom. The Morgan fingerprint density at radius 2 is 2.09 bits per heavy atom. The third-order valence-corrected chi connectivity index (χ3v) is 1.41. The van der Waals surface area contributed by atoms with Crippen molar-refractivity contribution in [2.45, 2.75) is 6.92 Å². The number of nitrogens with zero attached hydrogens (tertiary/aromatic N) is 1. The number of nitrogens with two attached hydrogens (primary N) is 1. The molecular formula is C6H8Cl2N2O. The number of aryl methyl sites for hydroxylation is 1. The summed E-state index contributed by atoms with van der Waals surface area (Å²) in [7, 11) is 0. The molecule has 0 fully saturated rings. The molecular weight excluding hydrogens is 187 g/mol. The SMILES string of the molecule is Cc1cc(Cl)cc(N)[n+]1[O-].Cl. The zero-order valence-corrected chi connectivity index (χ0v) is 7.45. The molecule has 1 aromatic heterocycles. The van der Waals surface area contributed by atoms with Gasteiger partial charge in [-0.15, -0.1) is 12.4 Å². The molecule has 1 heterocycles. The standard InChI is InChI=1S/C6H7ClN2O.ClH/c1-4-2-5(7)3-6(8)9(4)10;/h2-3H,8H2,1H3;1H. The average Bonchev–Trinajstić information content (AvgIpc) is 1.82. The minimum Gasteiger partial charge on any atom is -0.710 e. The highest BCUT2D eigenvalue weighted by Gasteiger charge is 2.01. The highest BCUT2D eigenvalue weighted by molar-refractivity contribution is 6.30. The van der Waals surface area contributed by atoms with Gasteiger partial charge in [0.15, 0.2) is 0 Å². The largest absolute Gasteiger partial charge is 0.710 e. The lowest BCUT2D eigenvalue weighted by Crippen LogP contribution is -2.33. The molecule has 0 saturated heterocycles. The summed E-state index contributed by atoms with van der Waals surface area (Å²) < 4.78 is 0.631. The molecule has 62 valence electrons. The number of nitrogen functional groups attached to an aromatic ring is 1. The molecule has 0 aromatic carbocycles. The fourth-order valence-electron chi connectivity index (χ4n) is 0.703. The van der Waals surface area contributed by atoms with Crippen molar-refractivity contribution in [1.29, 1.82) is 0 Å². The van der Waals surface area contributed by atoms with Crippen molar-refractivity contribution in [3.05, 3.63) is 28.1 Å². The van der Waals surface area contributed by atoms with Crippen LogP contribution in [0.5, 0.6) is 0 Å². The van der Waals surface area contributed by atoms with E-state index in [9.17, 15) is 5.21 Å². The van der Waals surface area contributed by atoms with Crippen molar-refractivity contribution in [3.8, 4) is 0 Å². The van der Waals surface area contributed by atoms with Crippen molar-refractivity contribution in [2.75, 3.05) is 5.73 Å². The van der Waals surface area contributed by atoms with Gasteiger partial charge in [-0.1, -0.05) is 11.6 Å². The van der Waals surface area contributed by atoms with E-state index in [-0.39, 0.29) is 18.2 Å². The fraction of sp³-hybridized carbons (Fsp3) is 0.167. The molecule has 5 heteroatoms. The number of hydrogen-bond acceptors (Lipinski definition) is 2. The number of hydrogen-bond donors (Lipinski definition) is 1. The maximum absolute atomic E-state index is 10.9. The van der Waals surface area contributed by atoms with Crippen molar-refractivity contribution in [2.24, 2.45) is 0 Å². The minimum atomic E-state index is 0. The number of halogens is 2. The minimum absolute atomic E-state index is 0. The van der Waals surface area contributed by atoms with E-state index in [0.717, 1.165) is 0 Å². The predicted octanol–water partition coefficient (Wildman–Crippen LogP) is 1.29. The van der Waals surface area contributed by atoms with Gasteiger partial charge in [0.25, 0.3) is 5.82 Å². The molecule has 0 saturated carbocycles. The van der Waals surface area contributed by atoms with E-state index in [1.807, 2.05) is 0 Å². The van der Waals surface area contributed by atoms with E-state index in [1.54, 1.807) is 13.0 Å². The summed E-state index contributed by atoms with van der Waals surface area (Å²) in [5, 5.41) is 11.3. The molecule has 1 rings (SSSR count). The van der Waals surface area contributed by atoms with E-state index in [1.165, 1.54) is 6.07 Å². The van der Waals surface area contributed by atoms with Crippen molar-refractivity contribution in [1.82, 2.24) is 0 Å². The molecule has 0 radical (unpaired) electrons. The van der Waals surface area contributed by atoms with Crippen LogP contribution in [0.2, 0.25) is 5.02 Å². The van der Waals surface area contributed by atoms with Crippen LogP contribution in [-0.2, 0) is 0 Å². The first kappa shape index (κ1) is 10.3. The molecule has 0 aliphatic heterocycles. The van der Waals surface area contributed by atoms with E-state index in [4.69, 9.17) is 17.3 Å². The lowest BCUT2D eigenvalue weighted by Gasteiger charge is -2.07. The number of anilines is 1. The van der Waals surface area contributed by atoms with Crippen LogP contribution < -0.4 is 10.5 Å². The Kier molecular flexibility index (Phi) is 3.42. The summed E-state index contributed by atoms with van der Waals surface area (Å²) in [6.07, 6.45) is 0. The van der Waals surface area contributed by atoms with Crippen LogP contribution in [0.4, 0.5) is 5.82 Å². The third-order valence-electron chi connectivity index (χ3n) is 1.19. The lowest BCUT2D eigenvalue weighted by atomic mass is 10.4. The van der Waals surface area contributed by atoms with Gasteiger partial charge in [-0.05, 0) is 13.0 Å². The topological polar surface area (TPSA) is 53.0 Å². The quantitative estimate of drug-likeness (QED) is 0.500. The molecule has 11 heavy (non-hydrogen) atoms. The second kappa shape index (κ2) is 3.64. The van der Waals surface area contributed by atoms with Crippen LogP contribution >= 0.6 is 24.0 Å². The third kappa shape index (κ3) is 2.13. The normalized spacial score (nSPS) is 8.91. The molecule has 0 spiro atoms. The van der Waals surface area contributed by atoms with Crippen LogP contribution in [0.3, 0.4) is 0 Å². The molecule has 1 aromatic rings. The van der Waals surface area contributed by atoms with Crippen LogP contribution in [0.15, 0.2) is 12.1 Å². The molecule has 0 aliphatic carbocycles.